The number of pyridine rings is 1. The largest absolute Gasteiger partial charge is 0.355 e. The molecule has 1 aliphatic heterocycles. The van der Waals surface area contributed by atoms with E-state index in [1.807, 2.05) is 43.9 Å². The molecule has 0 unspecified atom stereocenters. The van der Waals surface area contributed by atoms with Crippen molar-refractivity contribution in [2.24, 2.45) is 0 Å². The number of hydrogen-bond acceptors (Lipinski definition) is 5. The van der Waals surface area contributed by atoms with Crippen molar-refractivity contribution in [3.05, 3.63) is 82.8 Å². The number of carbonyl (C=O) groups excluding carboxylic acids is 1. The zero-order valence-corrected chi connectivity index (χ0v) is 18.8. The number of aryl methyl sites for hydroxylation is 3. The molecular weight excluding hydrogens is 419 g/mol. The van der Waals surface area contributed by atoms with E-state index in [9.17, 15) is 9.18 Å². The molecule has 1 amide bonds. The zero-order valence-electron chi connectivity index (χ0n) is 18.8. The van der Waals surface area contributed by atoms with Crippen LogP contribution >= 0.6 is 0 Å². The lowest BCUT2D eigenvalue weighted by atomic mass is 10.0. The average molecular weight is 445 g/mol. The second-order valence-corrected chi connectivity index (χ2v) is 8.63. The van der Waals surface area contributed by atoms with Crippen molar-refractivity contribution in [1.82, 2.24) is 24.5 Å². The summed E-state index contributed by atoms with van der Waals surface area (Å²) >= 11 is 0. The van der Waals surface area contributed by atoms with Crippen molar-refractivity contribution in [3.63, 3.8) is 0 Å². The van der Waals surface area contributed by atoms with E-state index in [0.29, 0.717) is 24.4 Å². The van der Waals surface area contributed by atoms with Gasteiger partial charge in [0.15, 0.2) is 11.3 Å². The minimum atomic E-state index is -0.269. The maximum absolute atomic E-state index is 13.2. The van der Waals surface area contributed by atoms with E-state index in [0.717, 1.165) is 40.6 Å². The Kier molecular flexibility index (Phi) is 5.28. The van der Waals surface area contributed by atoms with Gasteiger partial charge in [0, 0.05) is 59.2 Å². The van der Waals surface area contributed by atoms with Gasteiger partial charge in [-0.3, -0.25) is 9.78 Å². The van der Waals surface area contributed by atoms with Crippen molar-refractivity contribution in [1.29, 1.82) is 0 Å². The van der Waals surface area contributed by atoms with Crippen molar-refractivity contribution < 1.29 is 9.18 Å². The van der Waals surface area contributed by atoms with Crippen LogP contribution in [0.1, 0.15) is 45.6 Å². The van der Waals surface area contributed by atoms with Gasteiger partial charge in [-0.25, -0.2) is 13.9 Å². The fourth-order valence-electron chi connectivity index (χ4n) is 4.41. The summed E-state index contributed by atoms with van der Waals surface area (Å²) in [6, 6.07) is 13.9. The molecule has 1 aromatic carbocycles. The Labute approximate surface area is 191 Å². The maximum atomic E-state index is 13.2. The number of nitrogens with one attached hydrogen (secondary N) is 1. The standard InChI is InChI=1S/C25H25FN6O/c1-15-10-17(3)32-24(28-15)13-23(30-32)25(33)31-9-8-18(14-31)22-12-21(11-16(2)27-22)29-20-6-4-19(26)5-7-20/h4-7,10-13,18H,8-9,14H2,1-3H3,(H,27,29)/t18-/m0/s1. The van der Waals surface area contributed by atoms with Gasteiger partial charge in [0.1, 0.15) is 5.82 Å². The number of hydrogen-bond donors (Lipinski definition) is 1. The van der Waals surface area contributed by atoms with Crippen LogP contribution in [0.5, 0.6) is 0 Å². The average Bonchev–Trinajstić information content (AvgIpc) is 3.42. The molecule has 8 heteroatoms. The molecule has 1 saturated heterocycles. The van der Waals surface area contributed by atoms with Crippen molar-refractivity contribution in [2.75, 3.05) is 18.4 Å². The lowest BCUT2D eigenvalue weighted by Crippen LogP contribution is -2.29. The highest BCUT2D eigenvalue weighted by molar-refractivity contribution is 5.93. The molecule has 1 aliphatic rings. The summed E-state index contributed by atoms with van der Waals surface area (Å²) in [7, 11) is 0. The van der Waals surface area contributed by atoms with Gasteiger partial charge in [0.05, 0.1) is 0 Å². The van der Waals surface area contributed by atoms with E-state index in [4.69, 9.17) is 4.98 Å². The first-order valence-corrected chi connectivity index (χ1v) is 11.0. The van der Waals surface area contributed by atoms with Gasteiger partial charge in [0.25, 0.3) is 5.91 Å². The lowest BCUT2D eigenvalue weighted by molar-refractivity contribution is 0.0784. The van der Waals surface area contributed by atoms with Gasteiger partial charge in [-0.15, -0.1) is 0 Å². The summed E-state index contributed by atoms with van der Waals surface area (Å²) in [5.41, 5.74) is 6.47. The second-order valence-electron chi connectivity index (χ2n) is 8.63. The normalized spacial score (nSPS) is 15.9. The minimum absolute atomic E-state index is 0.0858. The molecule has 0 bridgehead atoms. The van der Waals surface area contributed by atoms with Gasteiger partial charge >= 0.3 is 0 Å². The van der Waals surface area contributed by atoms with Crippen LogP contribution < -0.4 is 5.32 Å². The van der Waals surface area contributed by atoms with Gasteiger partial charge in [-0.2, -0.15) is 5.10 Å². The molecule has 0 spiro atoms. The molecule has 3 aromatic heterocycles. The molecule has 7 nitrogen and oxygen atoms in total. The van der Waals surface area contributed by atoms with E-state index >= 15 is 0 Å². The first-order valence-electron chi connectivity index (χ1n) is 11.0. The van der Waals surface area contributed by atoms with E-state index in [2.05, 4.69) is 15.4 Å². The molecule has 0 aliphatic carbocycles. The molecular formula is C25H25FN6O. The lowest BCUT2D eigenvalue weighted by Gasteiger charge is -2.16. The van der Waals surface area contributed by atoms with Gasteiger partial charge in [0.2, 0.25) is 0 Å². The highest BCUT2D eigenvalue weighted by atomic mass is 19.1. The van der Waals surface area contributed by atoms with Gasteiger partial charge < -0.3 is 10.2 Å². The fourth-order valence-corrected chi connectivity index (χ4v) is 4.41. The Morgan fingerprint density at radius 2 is 1.76 bits per heavy atom. The number of nitrogens with zero attached hydrogens (tertiary/aromatic N) is 5. The number of benzene rings is 1. The SMILES string of the molecule is Cc1cc(Nc2ccc(F)cc2)cc([C@H]2CCN(C(=O)c3cc4nc(C)cc(C)n4n3)C2)n1. The number of amides is 1. The Morgan fingerprint density at radius 1 is 1.00 bits per heavy atom. The van der Waals surface area contributed by atoms with Crippen LogP contribution in [0.3, 0.4) is 0 Å². The molecule has 0 saturated carbocycles. The van der Waals surface area contributed by atoms with E-state index < -0.39 is 0 Å². The summed E-state index contributed by atoms with van der Waals surface area (Å²) in [5, 5.41) is 7.80. The third-order valence-electron chi connectivity index (χ3n) is 5.95. The number of fused-ring (bicyclic) bond motifs is 1. The third kappa shape index (κ3) is 4.28. The van der Waals surface area contributed by atoms with E-state index in [1.165, 1.54) is 12.1 Å². The number of anilines is 2. The zero-order chi connectivity index (χ0) is 23.1. The number of aromatic nitrogens is 4. The van der Waals surface area contributed by atoms with Gasteiger partial charge in [-0.1, -0.05) is 0 Å². The van der Waals surface area contributed by atoms with E-state index in [-0.39, 0.29) is 17.6 Å². The molecule has 5 rings (SSSR count). The molecule has 168 valence electrons. The first-order chi connectivity index (χ1) is 15.9. The summed E-state index contributed by atoms with van der Waals surface area (Å²) in [6.07, 6.45) is 0.835. The van der Waals surface area contributed by atoms with Crippen LogP contribution in [-0.2, 0) is 0 Å². The first kappa shape index (κ1) is 21.1. The van der Waals surface area contributed by atoms with Crippen LogP contribution in [0.4, 0.5) is 15.8 Å². The molecule has 1 fully saturated rings. The minimum Gasteiger partial charge on any atom is -0.355 e. The summed E-state index contributed by atoms with van der Waals surface area (Å²) < 4.78 is 14.9. The van der Waals surface area contributed by atoms with Crippen LogP contribution in [0.25, 0.3) is 5.65 Å². The monoisotopic (exact) mass is 444 g/mol. The predicted molar refractivity (Wildman–Crippen MR) is 124 cm³/mol. The highest BCUT2D eigenvalue weighted by Gasteiger charge is 2.30. The third-order valence-corrected chi connectivity index (χ3v) is 5.95. The van der Waals surface area contributed by atoms with Crippen molar-refractivity contribution in [2.45, 2.75) is 33.1 Å². The van der Waals surface area contributed by atoms with Crippen LogP contribution in [0.15, 0.2) is 48.5 Å². The molecule has 0 radical (unpaired) electrons. The van der Waals surface area contributed by atoms with Gasteiger partial charge in [-0.05, 0) is 69.7 Å². The number of rotatable bonds is 4. The highest BCUT2D eigenvalue weighted by Crippen LogP contribution is 2.30. The van der Waals surface area contributed by atoms with Crippen LogP contribution in [0.2, 0.25) is 0 Å². The topological polar surface area (TPSA) is 75.4 Å². The Hall–Kier alpha value is -3.81. The number of carbonyl (C=O) groups is 1. The summed E-state index contributed by atoms with van der Waals surface area (Å²) in [6.45, 7) is 7.07. The molecule has 4 aromatic rings. The van der Waals surface area contributed by atoms with Crippen molar-refractivity contribution >= 4 is 22.9 Å². The quantitative estimate of drug-likeness (QED) is 0.499. The van der Waals surface area contributed by atoms with E-state index in [1.54, 1.807) is 22.7 Å². The summed E-state index contributed by atoms with van der Waals surface area (Å²) in [5.74, 6) is -0.214. The molecule has 4 heterocycles. The smallest absolute Gasteiger partial charge is 0.274 e. The fraction of sp³-hybridized carbons (Fsp3) is 0.280. The molecule has 1 atom stereocenters. The molecule has 1 N–H and O–H groups in total. The Morgan fingerprint density at radius 3 is 2.55 bits per heavy atom. The van der Waals surface area contributed by atoms with Crippen molar-refractivity contribution in [3.8, 4) is 0 Å². The second kappa shape index (κ2) is 8.27. The Balaban J connectivity index is 1.33. The molecule has 33 heavy (non-hydrogen) atoms. The summed E-state index contributed by atoms with van der Waals surface area (Å²) in [4.78, 5) is 24.2. The Bertz CT molecular complexity index is 1350. The number of likely N-dealkylation sites (tertiary alicyclic amines) is 1. The predicted octanol–water partition coefficient (Wildman–Crippen LogP) is 4.56. The maximum Gasteiger partial charge on any atom is 0.274 e. The van der Waals surface area contributed by atoms with Crippen LogP contribution in [0, 0.1) is 26.6 Å². The number of halogens is 1. The van der Waals surface area contributed by atoms with Crippen LogP contribution in [-0.4, -0.2) is 43.5 Å².